The molecule has 1 aromatic rings. The number of amides is 1. The smallest absolute Gasteiger partial charge is 0.227 e. The highest BCUT2D eigenvalue weighted by Gasteiger charge is 2.12. The van der Waals surface area contributed by atoms with Crippen molar-refractivity contribution in [1.29, 1.82) is 0 Å². The van der Waals surface area contributed by atoms with Gasteiger partial charge in [-0.3, -0.25) is 4.79 Å². The van der Waals surface area contributed by atoms with E-state index in [0.717, 1.165) is 37.8 Å². The van der Waals surface area contributed by atoms with Gasteiger partial charge < -0.3 is 11.1 Å². The molecule has 3 heteroatoms. The van der Waals surface area contributed by atoms with Crippen LogP contribution in [0.3, 0.4) is 0 Å². The Morgan fingerprint density at radius 3 is 2.40 bits per heavy atom. The van der Waals surface area contributed by atoms with Gasteiger partial charge in [-0.05, 0) is 43.9 Å². The summed E-state index contributed by atoms with van der Waals surface area (Å²) in [7, 11) is 0. The molecule has 1 amide bonds. The fourth-order valence-corrected chi connectivity index (χ4v) is 2.19. The van der Waals surface area contributed by atoms with E-state index in [0.29, 0.717) is 0 Å². The van der Waals surface area contributed by atoms with Gasteiger partial charge >= 0.3 is 0 Å². The zero-order valence-electron chi connectivity index (χ0n) is 13.0. The van der Waals surface area contributed by atoms with E-state index < -0.39 is 0 Å². The Kier molecular flexibility index (Phi) is 7.31. The van der Waals surface area contributed by atoms with Crippen molar-refractivity contribution in [2.24, 2.45) is 11.7 Å². The predicted molar refractivity (Wildman–Crippen MR) is 85.7 cm³/mol. The number of aryl methyl sites for hydroxylation is 1. The summed E-state index contributed by atoms with van der Waals surface area (Å²) in [5, 5.41) is 2.98. The molecule has 0 aliphatic heterocycles. The van der Waals surface area contributed by atoms with Crippen molar-refractivity contribution in [2.75, 3.05) is 5.32 Å². The van der Waals surface area contributed by atoms with Crippen LogP contribution in [0.15, 0.2) is 24.3 Å². The molecule has 2 unspecified atom stereocenters. The lowest BCUT2D eigenvalue weighted by atomic mass is 10.0. The first-order valence-corrected chi connectivity index (χ1v) is 7.68. The van der Waals surface area contributed by atoms with E-state index in [1.165, 1.54) is 5.56 Å². The monoisotopic (exact) mass is 276 g/mol. The topological polar surface area (TPSA) is 55.1 Å². The molecule has 1 rings (SSSR count). The molecule has 0 aromatic heterocycles. The lowest BCUT2D eigenvalue weighted by Gasteiger charge is -2.13. The molecule has 3 nitrogen and oxygen atoms in total. The van der Waals surface area contributed by atoms with E-state index in [1.54, 1.807) is 0 Å². The van der Waals surface area contributed by atoms with Crippen LogP contribution in [0.25, 0.3) is 0 Å². The van der Waals surface area contributed by atoms with E-state index in [9.17, 15) is 4.79 Å². The van der Waals surface area contributed by atoms with Gasteiger partial charge in [0.15, 0.2) is 0 Å². The summed E-state index contributed by atoms with van der Waals surface area (Å²) in [6, 6.07) is 8.35. The molecule has 0 radical (unpaired) electrons. The van der Waals surface area contributed by atoms with Gasteiger partial charge in [-0.15, -0.1) is 0 Å². The Hall–Kier alpha value is -1.35. The first-order valence-electron chi connectivity index (χ1n) is 7.68. The molecule has 2 atom stereocenters. The van der Waals surface area contributed by atoms with Gasteiger partial charge in [-0.2, -0.15) is 0 Å². The molecule has 112 valence electrons. The number of anilines is 1. The molecule has 1 aromatic carbocycles. The van der Waals surface area contributed by atoms with Gasteiger partial charge in [-0.25, -0.2) is 0 Å². The van der Waals surface area contributed by atoms with Crippen molar-refractivity contribution >= 4 is 11.6 Å². The minimum absolute atomic E-state index is 0.0315. The van der Waals surface area contributed by atoms with Crippen molar-refractivity contribution in [3.05, 3.63) is 29.8 Å². The Bertz CT molecular complexity index is 398. The zero-order chi connectivity index (χ0) is 15.0. The van der Waals surface area contributed by atoms with E-state index in [-0.39, 0.29) is 17.9 Å². The lowest BCUT2D eigenvalue weighted by molar-refractivity contribution is -0.119. The van der Waals surface area contributed by atoms with Gasteiger partial charge in [0, 0.05) is 17.6 Å². The van der Waals surface area contributed by atoms with Crippen molar-refractivity contribution in [1.82, 2.24) is 0 Å². The number of carbonyl (C=O) groups is 1. The first kappa shape index (κ1) is 16.7. The number of hydrogen-bond acceptors (Lipinski definition) is 2. The summed E-state index contributed by atoms with van der Waals surface area (Å²) < 4.78 is 0. The molecule has 3 N–H and O–H groups in total. The fraction of sp³-hybridized carbons (Fsp3) is 0.588. The molecule has 0 aliphatic rings. The van der Waals surface area contributed by atoms with Crippen LogP contribution in [0.2, 0.25) is 0 Å². The predicted octanol–water partition coefficient (Wildman–Crippen LogP) is 3.73. The maximum Gasteiger partial charge on any atom is 0.227 e. The SMILES string of the molecule is CCCc1ccc(NC(=O)C(C)CCCC(C)N)cc1. The normalized spacial score (nSPS) is 13.8. The Morgan fingerprint density at radius 2 is 1.85 bits per heavy atom. The average molecular weight is 276 g/mol. The number of carbonyl (C=O) groups excluding carboxylic acids is 1. The minimum atomic E-state index is 0.0315. The van der Waals surface area contributed by atoms with Gasteiger partial charge in [0.2, 0.25) is 5.91 Å². The second kappa shape index (κ2) is 8.75. The molecule has 0 spiro atoms. The Balaban J connectivity index is 2.40. The third-order valence-electron chi connectivity index (χ3n) is 3.50. The molecular formula is C17H28N2O. The third kappa shape index (κ3) is 6.20. The maximum atomic E-state index is 12.1. The zero-order valence-corrected chi connectivity index (χ0v) is 13.0. The highest BCUT2D eigenvalue weighted by atomic mass is 16.1. The number of rotatable bonds is 8. The van der Waals surface area contributed by atoms with Gasteiger partial charge in [-0.1, -0.05) is 38.8 Å². The van der Waals surface area contributed by atoms with Crippen LogP contribution < -0.4 is 11.1 Å². The second-order valence-electron chi connectivity index (χ2n) is 5.75. The largest absolute Gasteiger partial charge is 0.328 e. The van der Waals surface area contributed by atoms with Crippen LogP contribution in [0.4, 0.5) is 5.69 Å². The Morgan fingerprint density at radius 1 is 1.20 bits per heavy atom. The lowest BCUT2D eigenvalue weighted by Crippen LogP contribution is -2.21. The molecule has 0 saturated carbocycles. The quantitative estimate of drug-likeness (QED) is 0.760. The highest BCUT2D eigenvalue weighted by molar-refractivity contribution is 5.92. The van der Waals surface area contributed by atoms with Gasteiger partial charge in [0.05, 0.1) is 0 Å². The summed E-state index contributed by atoms with van der Waals surface area (Å²) in [5.41, 5.74) is 7.91. The molecule has 0 aliphatic carbocycles. The maximum absolute atomic E-state index is 12.1. The number of hydrogen-bond donors (Lipinski definition) is 2. The van der Waals surface area contributed by atoms with E-state index in [1.807, 2.05) is 26.0 Å². The second-order valence-corrected chi connectivity index (χ2v) is 5.75. The van der Waals surface area contributed by atoms with Crippen molar-refractivity contribution in [3.8, 4) is 0 Å². The van der Waals surface area contributed by atoms with Gasteiger partial charge in [0.1, 0.15) is 0 Å². The molecule has 0 fully saturated rings. The van der Waals surface area contributed by atoms with Crippen LogP contribution in [0.1, 0.15) is 52.0 Å². The van der Waals surface area contributed by atoms with Crippen molar-refractivity contribution < 1.29 is 4.79 Å². The van der Waals surface area contributed by atoms with Crippen molar-refractivity contribution in [2.45, 2.75) is 58.9 Å². The summed E-state index contributed by atoms with van der Waals surface area (Å²) in [4.78, 5) is 12.1. The van der Waals surface area contributed by atoms with Crippen LogP contribution in [-0.4, -0.2) is 11.9 Å². The molecule has 20 heavy (non-hydrogen) atoms. The van der Waals surface area contributed by atoms with Crippen molar-refractivity contribution in [3.63, 3.8) is 0 Å². The highest BCUT2D eigenvalue weighted by Crippen LogP contribution is 2.15. The molecule has 0 saturated heterocycles. The summed E-state index contributed by atoms with van der Waals surface area (Å²) in [5.74, 6) is 0.127. The van der Waals surface area contributed by atoms with E-state index >= 15 is 0 Å². The van der Waals surface area contributed by atoms with E-state index in [4.69, 9.17) is 5.73 Å². The van der Waals surface area contributed by atoms with E-state index in [2.05, 4.69) is 24.4 Å². The summed E-state index contributed by atoms with van der Waals surface area (Å²) in [6.07, 6.45) is 5.09. The molecule has 0 bridgehead atoms. The first-order chi connectivity index (χ1) is 9.52. The van der Waals surface area contributed by atoms with Crippen LogP contribution in [-0.2, 0) is 11.2 Å². The van der Waals surface area contributed by atoms with Crippen LogP contribution >= 0.6 is 0 Å². The Labute approximate surface area is 122 Å². The summed E-state index contributed by atoms with van der Waals surface area (Å²) in [6.45, 7) is 6.14. The molecule has 0 heterocycles. The number of nitrogens with two attached hydrogens (primary N) is 1. The fourth-order valence-electron chi connectivity index (χ4n) is 2.19. The molecular weight excluding hydrogens is 248 g/mol. The number of benzene rings is 1. The number of nitrogens with one attached hydrogen (secondary N) is 1. The third-order valence-corrected chi connectivity index (χ3v) is 3.50. The average Bonchev–Trinajstić information content (AvgIpc) is 2.40. The van der Waals surface area contributed by atoms with Crippen LogP contribution in [0.5, 0.6) is 0 Å². The van der Waals surface area contributed by atoms with Gasteiger partial charge in [0.25, 0.3) is 0 Å². The minimum Gasteiger partial charge on any atom is -0.328 e. The van der Waals surface area contributed by atoms with Crippen LogP contribution in [0, 0.1) is 5.92 Å². The standard InChI is InChI=1S/C17H28N2O/c1-4-6-15-9-11-16(12-10-15)19-17(20)13(2)7-5-8-14(3)18/h9-14H,4-8,18H2,1-3H3,(H,19,20). The summed E-state index contributed by atoms with van der Waals surface area (Å²) >= 11 is 0.